The van der Waals surface area contributed by atoms with Gasteiger partial charge in [-0.05, 0) is 12.1 Å². The van der Waals surface area contributed by atoms with Crippen molar-refractivity contribution in [3.05, 3.63) is 27.7 Å². The molecule has 1 rings (SSSR count). The van der Waals surface area contributed by atoms with Gasteiger partial charge in [0.25, 0.3) is 0 Å². The zero-order chi connectivity index (χ0) is 9.84. The normalized spacial score (nSPS) is 10.8. The number of hydrogen-bond donors (Lipinski definition) is 0. The smallest absolute Gasteiger partial charge is 0.121 e. The summed E-state index contributed by atoms with van der Waals surface area (Å²) in [6, 6.07) is 3.40. The highest BCUT2D eigenvalue weighted by Gasteiger charge is 2.05. The Morgan fingerprint density at radius 2 is 1.85 bits per heavy atom. The minimum Gasteiger partial charge on any atom is -0.497 e. The third-order valence-electron chi connectivity index (χ3n) is 1.55. The van der Waals surface area contributed by atoms with E-state index in [0.29, 0.717) is 21.4 Å². The van der Waals surface area contributed by atoms with Crippen molar-refractivity contribution in [3.63, 3.8) is 0 Å². The van der Waals surface area contributed by atoms with Crippen molar-refractivity contribution in [3.8, 4) is 5.75 Å². The second kappa shape index (κ2) is 4.49. The van der Waals surface area contributed by atoms with Crippen LogP contribution in [0.2, 0.25) is 10.0 Å². The van der Waals surface area contributed by atoms with Crippen molar-refractivity contribution in [2.24, 2.45) is 4.99 Å². The highest BCUT2D eigenvalue weighted by Crippen LogP contribution is 2.28. The van der Waals surface area contributed by atoms with Crippen molar-refractivity contribution in [2.75, 3.05) is 14.2 Å². The summed E-state index contributed by atoms with van der Waals surface area (Å²) in [4.78, 5) is 3.85. The Morgan fingerprint density at radius 1 is 1.31 bits per heavy atom. The van der Waals surface area contributed by atoms with Crippen molar-refractivity contribution >= 4 is 29.4 Å². The van der Waals surface area contributed by atoms with E-state index in [-0.39, 0.29) is 0 Å². The Bertz CT molecular complexity index is 313. The number of ether oxygens (including phenoxy) is 1. The molecule has 1 aromatic rings. The Labute approximate surface area is 87.1 Å². The molecule has 0 radical (unpaired) electrons. The van der Waals surface area contributed by atoms with Crippen LogP contribution in [0.4, 0.5) is 0 Å². The molecule has 0 amide bonds. The number of methoxy groups -OCH3 is 1. The van der Waals surface area contributed by atoms with Crippen LogP contribution in [0.3, 0.4) is 0 Å². The van der Waals surface area contributed by atoms with Crippen LogP contribution in [0.5, 0.6) is 5.75 Å². The summed E-state index contributed by atoms with van der Waals surface area (Å²) in [5.41, 5.74) is 0.714. The molecule has 70 valence electrons. The molecule has 0 aromatic heterocycles. The van der Waals surface area contributed by atoms with Crippen molar-refractivity contribution in [1.82, 2.24) is 0 Å². The molecular formula is C9H9Cl2NO. The fourth-order valence-corrected chi connectivity index (χ4v) is 1.50. The van der Waals surface area contributed by atoms with Gasteiger partial charge in [0, 0.05) is 18.8 Å². The third-order valence-corrected chi connectivity index (χ3v) is 2.17. The van der Waals surface area contributed by atoms with E-state index < -0.39 is 0 Å². The molecule has 0 fully saturated rings. The zero-order valence-electron chi connectivity index (χ0n) is 7.34. The van der Waals surface area contributed by atoms with Crippen LogP contribution in [0.1, 0.15) is 5.56 Å². The Kier molecular flexibility index (Phi) is 3.58. The number of halogens is 2. The maximum absolute atomic E-state index is 5.94. The van der Waals surface area contributed by atoms with E-state index in [1.807, 2.05) is 0 Å². The molecule has 13 heavy (non-hydrogen) atoms. The van der Waals surface area contributed by atoms with E-state index in [0.717, 1.165) is 0 Å². The third kappa shape index (κ3) is 2.36. The number of hydrogen-bond acceptors (Lipinski definition) is 2. The van der Waals surface area contributed by atoms with Gasteiger partial charge in [-0.25, -0.2) is 0 Å². The first-order valence-corrected chi connectivity index (χ1v) is 4.40. The van der Waals surface area contributed by atoms with Crippen molar-refractivity contribution in [1.29, 1.82) is 0 Å². The molecule has 2 nitrogen and oxygen atoms in total. The van der Waals surface area contributed by atoms with Gasteiger partial charge in [-0.3, -0.25) is 4.99 Å². The SMILES string of the molecule is CN=Cc1c(Cl)cc(OC)cc1Cl. The minimum atomic E-state index is 0.537. The van der Waals surface area contributed by atoms with E-state index in [4.69, 9.17) is 27.9 Å². The predicted molar refractivity (Wildman–Crippen MR) is 56.5 cm³/mol. The molecule has 0 aliphatic rings. The monoisotopic (exact) mass is 217 g/mol. The highest BCUT2D eigenvalue weighted by atomic mass is 35.5. The second-order valence-electron chi connectivity index (χ2n) is 2.39. The number of benzene rings is 1. The molecule has 0 unspecified atom stereocenters. The molecule has 4 heteroatoms. The summed E-state index contributed by atoms with van der Waals surface area (Å²) in [5.74, 6) is 0.642. The van der Waals surface area contributed by atoms with Crippen LogP contribution >= 0.6 is 23.2 Å². The maximum atomic E-state index is 5.94. The minimum absolute atomic E-state index is 0.537. The summed E-state index contributed by atoms with van der Waals surface area (Å²) < 4.78 is 5.00. The zero-order valence-corrected chi connectivity index (χ0v) is 8.86. The van der Waals surface area contributed by atoms with Crippen LogP contribution in [-0.2, 0) is 0 Å². The van der Waals surface area contributed by atoms with E-state index in [9.17, 15) is 0 Å². The fraction of sp³-hybridized carbons (Fsp3) is 0.222. The van der Waals surface area contributed by atoms with Crippen LogP contribution < -0.4 is 4.74 Å². The van der Waals surface area contributed by atoms with Gasteiger partial charge in [0.2, 0.25) is 0 Å². The molecule has 1 aromatic carbocycles. The summed E-state index contributed by atoms with van der Waals surface area (Å²) in [6.45, 7) is 0. The lowest BCUT2D eigenvalue weighted by Crippen LogP contribution is -1.89. The largest absolute Gasteiger partial charge is 0.497 e. The lowest BCUT2D eigenvalue weighted by atomic mass is 10.2. The highest BCUT2D eigenvalue weighted by molar-refractivity contribution is 6.38. The van der Waals surface area contributed by atoms with Gasteiger partial charge < -0.3 is 4.74 Å². The first kappa shape index (κ1) is 10.4. The molecule has 0 N–H and O–H groups in total. The van der Waals surface area contributed by atoms with Gasteiger partial charge in [0.15, 0.2) is 0 Å². The van der Waals surface area contributed by atoms with Crippen LogP contribution in [0.15, 0.2) is 17.1 Å². The van der Waals surface area contributed by atoms with Gasteiger partial charge in [-0.2, -0.15) is 0 Å². The van der Waals surface area contributed by atoms with E-state index >= 15 is 0 Å². The molecule has 0 aliphatic heterocycles. The average Bonchev–Trinajstić information content (AvgIpc) is 2.11. The van der Waals surface area contributed by atoms with Gasteiger partial charge >= 0.3 is 0 Å². The van der Waals surface area contributed by atoms with Crippen LogP contribution in [0, 0.1) is 0 Å². The first-order chi connectivity index (χ1) is 6.19. The molecule has 0 aliphatic carbocycles. The maximum Gasteiger partial charge on any atom is 0.121 e. The molecule has 0 atom stereocenters. The molecule has 0 spiro atoms. The molecule has 0 saturated heterocycles. The second-order valence-corrected chi connectivity index (χ2v) is 3.21. The van der Waals surface area contributed by atoms with Crippen LogP contribution in [0.25, 0.3) is 0 Å². The summed E-state index contributed by atoms with van der Waals surface area (Å²) in [7, 11) is 3.23. The standard InChI is InChI=1S/C9H9Cl2NO/c1-12-5-7-8(10)3-6(13-2)4-9(7)11/h3-5H,1-2H3. The van der Waals surface area contributed by atoms with Gasteiger partial charge in [-0.1, -0.05) is 23.2 Å². The lowest BCUT2D eigenvalue weighted by molar-refractivity contribution is 0.415. The Morgan fingerprint density at radius 3 is 2.23 bits per heavy atom. The summed E-state index contributed by atoms with van der Waals surface area (Å²) in [6.07, 6.45) is 1.62. The Balaban J connectivity index is 3.22. The van der Waals surface area contributed by atoms with Crippen LogP contribution in [-0.4, -0.2) is 20.4 Å². The molecular weight excluding hydrogens is 209 g/mol. The van der Waals surface area contributed by atoms with Gasteiger partial charge in [0.05, 0.1) is 17.2 Å². The summed E-state index contributed by atoms with van der Waals surface area (Å²) >= 11 is 11.9. The predicted octanol–water partition coefficient (Wildman–Crippen LogP) is 3.05. The van der Waals surface area contributed by atoms with Crippen molar-refractivity contribution < 1.29 is 4.74 Å². The molecule has 0 heterocycles. The Hall–Kier alpha value is -0.730. The molecule has 0 saturated carbocycles. The topological polar surface area (TPSA) is 21.6 Å². The number of rotatable bonds is 2. The molecule has 0 bridgehead atoms. The summed E-state index contributed by atoms with van der Waals surface area (Å²) in [5, 5.41) is 1.07. The number of aliphatic imine (C=N–C) groups is 1. The van der Waals surface area contributed by atoms with Gasteiger partial charge in [0.1, 0.15) is 5.75 Å². The fourth-order valence-electron chi connectivity index (χ4n) is 0.931. The van der Waals surface area contributed by atoms with E-state index in [1.54, 1.807) is 32.5 Å². The first-order valence-electron chi connectivity index (χ1n) is 3.64. The lowest BCUT2D eigenvalue weighted by Gasteiger charge is -2.04. The van der Waals surface area contributed by atoms with E-state index in [1.165, 1.54) is 0 Å². The van der Waals surface area contributed by atoms with Crippen molar-refractivity contribution in [2.45, 2.75) is 0 Å². The van der Waals surface area contributed by atoms with E-state index in [2.05, 4.69) is 4.99 Å². The van der Waals surface area contributed by atoms with Gasteiger partial charge in [-0.15, -0.1) is 0 Å². The number of nitrogens with zero attached hydrogens (tertiary/aromatic N) is 1. The average molecular weight is 218 g/mol. The quantitative estimate of drug-likeness (QED) is 0.699.